The smallest absolute Gasteiger partial charge is 0.416 e. The molecule has 0 atom stereocenters. The molecule has 3 nitrogen and oxygen atoms in total. The van der Waals surface area contributed by atoms with Crippen molar-refractivity contribution in [2.24, 2.45) is 0 Å². The molecule has 0 saturated heterocycles. The van der Waals surface area contributed by atoms with Gasteiger partial charge in [0.05, 0.1) is 18.8 Å². The summed E-state index contributed by atoms with van der Waals surface area (Å²) in [5, 5.41) is 0. The van der Waals surface area contributed by atoms with Crippen LogP contribution in [-0.4, -0.2) is 19.0 Å². The quantitative estimate of drug-likeness (QED) is 0.509. The fourth-order valence-electron chi connectivity index (χ4n) is 2.23. The van der Waals surface area contributed by atoms with Gasteiger partial charge in [0, 0.05) is 5.56 Å². The van der Waals surface area contributed by atoms with E-state index in [9.17, 15) is 18.0 Å². The summed E-state index contributed by atoms with van der Waals surface area (Å²) >= 11 is 0. The van der Waals surface area contributed by atoms with E-state index in [1.807, 2.05) is 13.8 Å². The monoisotopic (exact) mass is 364 g/mol. The van der Waals surface area contributed by atoms with Crippen molar-refractivity contribution in [3.05, 3.63) is 65.2 Å². The Morgan fingerprint density at radius 1 is 1.04 bits per heavy atom. The standard InChI is InChI=1S/C20H19F3O3/c1-13(2)26-19-12-15(7-11-18(19)25-3)17(24)10-6-14-4-8-16(9-5-14)20(21,22)23/h4-13H,1-3H3. The molecule has 0 amide bonds. The first-order valence-corrected chi connectivity index (χ1v) is 7.95. The summed E-state index contributed by atoms with van der Waals surface area (Å²) in [5.74, 6) is 0.680. The number of halogens is 3. The van der Waals surface area contributed by atoms with Crippen LogP contribution in [-0.2, 0) is 6.18 Å². The number of allylic oxidation sites excluding steroid dienone is 1. The van der Waals surface area contributed by atoms with Crippen molar-refractivity contribution in [3.8, 4) is 11.5 Å². The molecule has 138 valence electrons. The third kappa shape index (κ3) is 5.12. The van der Waals surface area contributed by atoms with E-state index in [4.69, 9.17) is 9.47 Å². The Bertz CT molecular complexity index is 791. The molecule has 0 spiro atoms. The Kier molecular flexibility index (Phi) is 6.08. The van der Waals surface area contributed by atoms with E-state index >= 15 is 0 Å². The van der Waals surface area contributed by atoms with Crippen LogP contribution in [0, 0.1) is 0 Å². The van der Waals surface area contributed by atoms with Crippen LogP contribution in [0.4, 0.5) is 13.2 Å². The summed E-state index contributed by atoms with van der Waals surface area (Å²) in [5.41, 5.74) is 0.162. The summed E-state index contributed by atoms with van der Waals surface area (Å²) in [7, 11) is 1.51. The maximum Gasteiger partial charge on any atom is 0.416 e. The molecule has 26 heavy (non-hydrogen) atoms. The van der Waals surface area contributed by atoms with E-state index in [0.717, 1.165) is 12.1 Å². The van der Waals surface area contributed by atoms with Crippen LogP contribution in [0.1, 0.15) is 35.3 Å². The summed E-state index contributed by atoms with van der Waals surface area (Å²) in [6.07, 6.45) is -1.69. The number of alkyl halides is 3. The van der Waals surface area contributed by atoms with E-state index in [1.54, 1.807) is 18.2 Å². The van der Waals surface area contributed by atoms with Crippen LogP contribution in [0.5, 0.6) is 11.5 Å². The fraction of sp³-hybridized carbons (Fsp3) is 0.250. The lowest BCUT2D eigenvalue weighted by Crippen LogP contribution is -2.07. The molecule has 0 aliphatic rings. The van der Waals surface area contributed by atoms with Crippen molar-refractivity contribution in [3.63, 3.8) is 0 Å². The second kappa shape index (κ2) is 8.08. The van der Waals surface area contributed by atoms with Gasteiger partial charge in [-0.15, -0.1) is 0 Å². The molecule has 0 unspecified atom stereocenters. The van der Waals surface area contributed by atoms with E-state index < -0.39 is 11.7 Å². The zero-order valence-corrected chi connectivity index (χ0v) is 14.6. The molecule has 0 aliphatic heterocycles. The molecule has 2 aromatic rings. The van der Waals surface area contributed by atoms with E-state index in [0.29, 0.717) is 22.6 Å². The zero-order valence-electron chi connectivity index (χ0n) is 14.6. The summed E-state index contributed by atoms with van der Waals surface area (Å²) < 4.78 is 48.5. The maximum atomic E-state index is 12.6. The minimum Gasteiger partial charge on any atom is -0.493 e. The number of hydrogen-bond donors (Lipinski definition) is 0. The van der Waals surface area contributed by atoms with Gasteiger partial charge >= 0.3 is 6.18 Å². The van der Waals surface area contributed by atoms with Crippen LogP contribution in [0.15, 0.2) is 48.5 Å². The number of hydrogen-bond acceptors (Lipinski definition) is 3. The van der Waals surface area contributed by atoms with Gasteiger partial charge in [0.1, 0.15) is 0 Å². The molecule has 0 heterocycles. The molecule has 2 rings (SSSR count). The Hall–Kier alpha value is -2.76. The first-order chi connectivity index (χ1) is 12.2. The van der Waals surface area contributed by atoms with Gasteiger partial charge in [-0.25, -0.2) is 0 Å². The van der Waals surface area contributed by atoms with Crippen LogP contribution in [0.25, 0.3) is 6.08 Å². The predicted molar refractivity (Wildman–Crippen MR) is 93.6 cm³/mol. The summed E-state index contributed by atoms with van der Waals surface area (Å²) in [6.45, 7) is 3.72. The molecular weight excluding hydrogens is 345 g/mol. The largest absolute Gasteiger partial charge is 0.493 e. The number of methoxy groups -OCH3 is 1. The first kappa shape index (κ1) is 19.6. The highest BCUT2D eigenvalue weighted by molar-refractivity contribution is 6.07. The molecule has 0 saturated carbocycles. The molecule has 0 radical (unpaired) electrons. The van der Waals surface area contributed by atoms with Crippen molar-refractivity contribution >= 4 is 11.9 Å². The number of ether oxygens (including phenoxy) is 2. The molecule has 0 aromatic heterocycles. The molecule has 0 aliphatic carbocycles. The number of ketones is 1. The van der Waals surface area contributed by atoms with Crippen molar-refractivity contribution in [2.75, 3.05) is 7.11 Å². The van der Waals surface area contributed by atoms with Gasteiger partial charge < -0.3 is 9.47 Å². The molecule has 6 heteroatoms. The van der Waals surface area contributed by atoms with Crippen molar-refractivity contribution < 1.29 is 27.4 Å². The second-order valence-corrected chi connectivity index (χ2v) is 5.85. The molecule has 2 aromatic carbocycles. The number of rotatable bonds is 6. The molecule has 0 bridgehead atoms. The third-order valence-electron chi connectivity index (χ3n) is 3.48. The Labute approximate surface area is 150 Å². The van der Waals surface area contributed by atoms with Gasteiger partial charge in [0.15, 0.2) is 17.3 Å². The number of carbonyl (C=O) groups is 1. The van der Waals surface area contributed by atoms with Gasteiger partial charge in [-0.1, -0.05) is 18.2 Å². The molecule has 0 fully saturated rings. The van der Waals surface area contributed by atoms with Crippen molar-refractivity contribution in [1.82, 2.24) is 0 Å². The fourth-order valence-corrected chi connectivity index (χ4v) is 2.23. The van der Waals surface area contributed by atoms with Crippen molar-refractivity contribution in [2.45, 2.75) is 26.1 Å². The Morgan fingerprint density at radius 3 is 2.23 bits per heavy atom. The summed E-state index contributed by atoms with van der Waals surface area (Å²) in [6, 6.07) is 9.40. The van der Waals surface area contributed by atoms with Crippen molar-refractivity contribution in [1.29, 1.82) is 0 Å². The Balaban J connectivity index is 2.17. The van der Waals surface area contributed by atoms with E-state index in [1.165, 1.54) is 31.4 Å². The van der Waals surface area contributed by atoms with E-state index in [2.05, 4.69) is 0 Å². The number of carbonyl (C=O) groups excluding carboxylic acids is 1. The second-order valence-electron chi connectivity index (χ2n) is 5.85. The lowest BCUT2D eigenvalue weighted by Gasteiger charge is -2.14. The minimum atomic E-state index is -4.38. The zero-order chi connectivity index (χ0) is 19.3. The first-order valence-electron chi connectivity index (χ1n) is 7.95. The highest BCUT2D eigenvalue weighted by Crippen LogP contribution is 2.30. The lowest BCUT2D eigenvalue weighted by atomic mass is 10.1. The highest BCUT2D eigenvalue weighted by atomic mass is 19.4. The predicted octanol–water partition coefficient (Wildman–Crippen LogP) is 5.40. The third-order valence-corrected chi connectivity index (χ3v) is 3.48. The van der Waals surface area contributed by atoms with Crippen LogP contribution < -0.4 is 9.47 Å². The topological polar surface area (TPSA) is 35.5 Å². The van der Waals surface area contributed by atoms with Gasteiger partial charge in [0.25, 0.3) is 0 Å². The average Bonchev–Trinajstić information content (AvgIpc) is 2.58. The lowest BCUT2D eigenvalue weighted by molar-refractivity contribution is -0.137. The minimum absolute atomic E-state index is 0.0862. The van der Waals surface area contributed by atoms with Gasteiger partial charge in [-0.05, 0) is 55.8 Å². The van der Waals surface area contributed by atoms with Gasteiger partial charge in [0.2, 0.25) is 0 Å². The van der Waals surface area contributed by atoms with Gasteiger partial charge in [-0.3, -0.25) is 4.79 Å². The molecule has 0 N–H and O–H groups in total. The van der Waals surface area contributed by atoms with E-state index in [-0.39, 0.29) is 11.9 Å². The SMILES string of the molecule is COc1ccc(C(=O)C=Cc2ccc(C(F)(F)F)cc2)cc1OC(C)C. The average molecular weight is 364 g/mol. The van der Waals surface area contributed by atoms with Crippen LogP contribution >= 0.6 is 0 Å². The maximum absolute atomic E-state index is 12.6. The van der Waals surface area contributed by atoms with Crippen LogP contribution in [0.3, 0.4) is 0 Å². The molecular formula is C20H19F3O3. The van der Waals surface area contributed by atoms with Crippen LogP contribution in [0.2, 0.25) is 0 Å². The number of benzene rings is 2. The summed E-state index contributed by atoms with van der Waals surface area (Å²) in [4.78, 5) is 12.3. The Morgan fingerprint density at radius 2 is 1.69 bits per heavy atom. The normalized spacial score (nSPS) is 11.8. The van der Waals surface area contributed by atoms with Gasteiger partial charge in [-0.2, -0.15) is 13.2 Å². The highest BCUT2D eigenvalue weighted by Gasteiger charge is 2.29.